The lowest BCUT2D eigenvalue weighted by molar-refractivity contribution is -0.118. The number of aromatic nitrogens is 1. The number of nitrogens with one attached hydrogen (secondary N) is 2. The van der Waals surface area contributed by atoms with Crippen LogP contribution in [0.5, 0.6) is 5.88 Å². The summed E-state index contributed by atoms with van der Waals surface area (Å²) in [5.74, 6) is 0.105. The second kappa shape index (κ2) is 8.96. The minimum atomic E-state index is -3.82. The van der Waals surface area contributed by atoms with Crippen molar-refractivity contribution in [3.8, 4) is 5.88 Å². The van der Waals surface area contributed by atoms with E-state index in [2.05, 4.69) is 15.0 Å². The number of hydrogen-bond acceptors (Lipinski definition) is 5. The van der Waals surface area contributed by atoms with Crippen molar-refractivity contribution >= 4 is 21.6 Å². The van der Waals surface area contributed by atoms with Crippen LogP contribution in [-0.2, 0) is 14.8 Å². The van der Waals surface area contributed by atoms with Crippen molar-refractivity contribution in [1.82, 2.24) is 9.71 Å². The van der Waals surface area contributed by atoms with Gasteiger partial charge in [-0.3, -0.25) is 4.79 Å². The van der Waals surface area contributed by atoms with Gasteiger partial charge in [-0.15, -0.1) is 0 Å². The number of carbonyl (C=O) groups excluding carboxylic acids is 1. The van der Waals surface area contributed by atoms with Crippen LogP contribution in [0.2, 0.25) is 0 Å². The SMILES string of the molecule is COc1ccc(NC(=O)C(CC(C)C)NS(=O)(=O)c2ccc(C)cc2)cn1. The lowest BCUT2D eigenvalue weighted by Crippen LogP contribution is -2.44. The number of amides is 1. The largest absolute Gasteiger partial charge is 0.481 e. The fourth-order valence-corrected chi connectivity index (χ4v) is 3.67. The molecule has 0 saturated heterocycles. The van der Waals surface area contributed by atoms with E-state index in [1.165, 1.54) is 25.4 Å². The monoisotopic (exact) mass is 391 g/mol. The first-order chi connectivity index (χ1) is 12.7. The Bertz CT molecular complexity index is 863. The van der Waals surface area contributed by atoms with E-state index in [1.807, 2.05) is 20.8 Å². The second-order valence-electron chi connectivity index (χ2n) is 6.69. The molecule has 8 heteroatoms. The minimum absolute atomic E-state index is 0.121. The number of sulfonamides is 1. The van der Waals surface area contributed by atoms with Gasteiger partial charge in [-0.2, -0.15) is 4.72 Å². The zero-order valence-corrected chi connectivity index (χ0v) is 16.7. The third-order valence-electron chi connectivity index (χ3n) is 3.87. The molecule has 0 aliphatic carbocycles. The lowest BCUT2D eigenvalue weighted by Gasteiger charge is -2.20. The Hall–Kier alpha value is -2.45. The van der Waals surface area contributed by atoms with Gasteiger partial charge in [-0.25, -0.2) is 13.4 Å². The van der Waals surface area contributed by atoms with Crippen LogP contribution in [0, 0.1) is 12.8 Å². The van der Waals surface area contributed by atoms with Gasteiger partial charge in [0, 0.05) is 6.07 Å². The summed E-state index contributed by atoms with van der Waals surface area (Å²) < 4.78 is 32.8. The fraction of sp³-hybridized carbons (Fsp3) is 0.368. The summed E-state index contributed by atoms with van der Waals surface area (Å²) in [6.45, 7) is 5.73. The number of ether oxygens (including phenoxy) is 1. The number of benzene rings is 1. The standard InChI is InChI=1S/C19H25N3O4S/c1-13(2)11-17(19(23)21-15-7-10-18(26-4)20-12-15)22-27(24,25)16-8-5-14(3)6-9-16/h5-10,12-13,17,22H,11H2,1-4H3,(H,21,23). The zero-order chi connectivity index (χ0) is 20.0. The van der Waals surface area contributed by atoms with Crippen LogP contribution < -0.4 is 14.8 Å². The Kier molecular flexibility index (Phi) is 6.92. The topological polar surface area (TPSA) is 97.4 Å². The number of hydrogen-bond donors (Lipinski definition) is 2. The molecule has 27 heavy (non-hydrogen) atoms. The predicted octanol–water partition coefficient (Wildman–Crippen LogP) is 2.73. The first-order valence-corrected chi connectivity index (χ1v) is 10.1. The van der Waals surface area contributed by atoms with Crippen LogP contribution in [0.15, 0.2) is 47.5 Å². The van der Waals surface area contributed by atoms with Crippen molar-refractivity contribution in [3.05, 3.63) is 48.2 Å². The first-order valence-electron chi connectivity index (χ1n) is 8.61. The van der Waals surface area contributed by atoms with Crippen molar-refractivity contribution in [1.29, 1.82) is 0 Å². The molecular formula is C19H25N3O4S. The molecule has 1 aromatic carbocycles. The molecule has 2 aromatic rings. The molecule has 1 aromatic heterocycles. The van der Waals surface area contributed by atoms with Gasteiger partial charge in [0.2, 0.25) is 21.8 Å². The number of rotatable bonds is 8. The summed E-state index contributed by atoms with van der Waals surface area (Å²) in [6, 6.07) is 8.84. The maximum Gasteiger partial charge on any atom is 0.242 e. The van der Waals surface area contributed by atoms with Gasteiger partial charge in [-0.05, 0) is 37.5 Å². The number of aryl methyl sites for hydroxylation is 1. The van der Waals surface area contributed by atoms with E-state index < -0.39 is 22.0 Å². The average molecular weight is 391 g/mol. The Morgan fingerprint density at radius 3 is 2.33 bits per heavy atom. The Morgan fingerprint density at radius 1 is 1.15 bits per heavy atom. The quantitative estimate of drug-likeness (QED) is 0.721. The summed E-state index contributed by atoms with van der Waals surface area (Å²) in [6.07, 6.45) is 1.82. The second-order valence-corrected chi connectivity index (χ2v) is 8.41. The molecule has 146 valence electrons. The molecule has 1 heterocycles. The molecule has 2 rings (SSSR count). The molecule has 1 atom stereocenters. The van der Waals surface area contributed by atoms with E-state index >= 15 is 0 Å². The highest BCUT2D eigenvalue weighted by Crippen LogP contribution is 2.16. The number of anilines is 1. The van der Waals surface area contributed by atoms with Crippen LogP contribution >= 0.6 is 0 Å². The third kappa shape index (κ3) is 6.04. The molecule has 1 unspecified atom stereocenters. The molecule has 0 saturated carbocycles. The van der Waals surface area contributed by atoms with E-state index in [0.717, 1.165) is 5.56 Å². The summed E-state index contributed by atoms with van der Waals surface area (Å²) in [5, 5.41) is 2.70. The molecular weight excluding hydrogens is 366 g/mol. The summed E-state index contributed by atoms with van der Waals surface area (Å²) in [5.41, 5.74) is 1.42. The molecule has 0 radical (unpaired) electrons. The zero-order valence-electron chi connectivity index (χ0n) is 15.9. The maximum absolute atomic E-state index is 12.7. The molecule has 0 aliphatic rings. The Labute approximate surface area is 160 Å². The lowest BCUT2D eigenvalue weighted by atomic mass is 10.0. The highest BCUT2D eigenvalue weighted by molar-refractivity contribution is 7.89. The average Bonchev–Trinajstić information content (AvgIpc) is 2.61. The van der Waals surface area contributed by atoms with Crippen molar-refractivity contribution < 1.29 is 17.9 Å². The van der Waals surface area contributed by atoms with Crippen LogP contribution in [-0.4, -0.2) is 32.5 Å². The van der Waals surface area contributed by atoms with Gasteiger partial charge < -0.3 is 10.1 Å². The van der Waals surface area contributed by atoms with Gasteiger partial charge in [0.05, 0.1) is 23.9 Å². The number of methoxy groups -OCH3 is 1. The van der Waals surface area contributed by atoms with E-state index in [0.29, 0.717) is 18.0 Å². The van der Waals surface area contributed by atoms with Gasteiger partial charge in [-0.1, -0.05) is 31.5 Å². The van der Waals surface area contributed by atoms with Crippen LogP contribution in [0.25, 0.3) is 0 Å². The minimum Gasteiger partial charge on any atom is -0.481 e. The van der Waals surface area contributed by atoms with E-state index in [4.69, 9.17) is 4.74 Å². The number of nitrogens with zero attached hydrogens (tertiary/aromatic N) is 1. The van der Waals surface area contributed by atoms with Gasteiger partial charge in [0.1, 0.15) is 6.04 Å². The molecule has 0 bridgehead atoms. The Balaban J connectivity index is 2.17. The number of carbonyl (C=O) groups is 1. The third-order valence-corrected chi connectivity index (χ3v) is 5.35. The maximum atomic E-state index is 12.7. The molecule has 1 amide bonds. The fourth-order valence-electron chi connectivity index (χ4n) is 2.46. The first kappa shape index (κ1) is 20.9. The molecule has 2 N–H and O–H groups in total. The molecule has 7 nitrogen and oxygen atoms in total. The van der Waals surface area contributed by atoms with Crippen molar-refractivity contribution in [2.75, 3.05) is 12.4 Å². The molecule has 0 aliphatic heterocycles. The van der Waals surface area contributed by atoms with Crippen molar-refractivity contribution in [3.63, 3.8) is 0 Å². The smallest absolute Gasteiger partial charge is 0.242 e. The molecule has 0 fully saturated rings. The van der Waals surface area contributed by atoms with Gasteiger partial charge >= 0.3 is 0 Å². The normalized spacial score (nSPS) is 12.6. The van der Waals surface area contributed by atoms with Crippen molar-refractivity contribution in [2.45, 2.75) is 38.1 Å². The summed E-state index contributed by atoms with van der Waals surface area (Å²) in [4.78, 5) is 16.8. The summed E-state index contributed by atoms with van der Waals surface area (Å²) >= 11 is 0. The highest BCUT2D eigenvalue weighted by atomic mass is 32.2. The van der Waals surface area contributed by atoms with E-state index in [9.17, 15) is 13.2 Å². The van der Waals surface area contributed by atoms with E-state index in [1.54, 1.807) is 24.3 Å². The van der Waals surface area contributed by atoms with Gasteiger partial charge in [0.25, 0.3) is 0 Å². The van der Waals surface area contributed by atoms with Gasteiger partial charge in [0.15, 0.2) is 0 Å². The van der Waals surface area contributed by atoms with E-state index in [-0.39, 0.29) is 10.8 Å². The highest BCUT2D eigenvalue weighted by Gasteiger charge is 2.26. The van der Waals surface area contributed by atoms with Crippen LogP contribution in [0.4, 0.5) is 5.69 Å². The van der Waals surface area contributed by atoms with Crippen molar-refractivity contribution in [2.24, 2.45) is 5.92 Å². The summed E-state index contributed by atoms with van der Waals surface area (Å²) in [7, 11) is -2.32. The molecule has 0 spiro atoms. The predicted molar refractivity (Wildman–Crippen MR) is 104 cm³/mol. The van der Waals surface area contributed by atoms with Crippen LogP contribution in [0.1, 0.15) is 25.8 Å². The number of pyridine rings is 1. The Morgan fingerprint density at radius 2 is 1.81 bits per heavy atom. The van der Waals surface area contributed by atoms with Crippen LogP contribution in [0.3, 0.4) is 0 Å².